The number of rotatable bonds is 5. The quantitative estimate of drug-likeness (QED) is 0.879. The average molecular weight is 259 g/mol. The van der Waals surface area contributed by atoms with Crippen molar-refractivity contribution >= 4 is 5.69 Å². The van der Waals surface area contributed by atoms with Gasteiger partial charge in [-0.3, -0.25) is 0 Å². The number of methoxy groups -OCH3 is 1. The molecule has 0 aromatic heterocycles. The maximum absolute atomic E-state index is 13.4. The lowest BCUT2D eigenvalue weighted by Crippen LogP contribution is -2.02. The normalized spacial score (nSPS) is 10.5. The van der Waals surface area contributed by atoms with E-state index in [1.54, 1.807) is 20.1 Å². The monoisotopic (exact) mass is 259 g/mol. The Morgan fingerprint density at radius 1 is 1.05 bits per heavy atom. The third-order valence-electron chi connectivity index (χ3n) is 3.08. The molecule has 1 N–H and O–H groups in total. The van der Waals surface area contributed by atoms with Crippen molar-refractivity contribution in [2.75, 3.05) is 12.4 Å². The van der Waals surface area contributed by atoms with Crippen molar-refractivity contribution in [3.63, 3.8) is 0 Å². The first kappa shape index (κ1) is 13.6. The van der Waals surface area contributed by atoms with Gasteiger partial charge in [0.2, 0.25) is 0 Å². The largest absolute Gasteiger partial charge is 0.381 e. The second-order valence-electron chi connectivity index (χ2n) is 4.52. The van der Waals surface area contributed by atoms with Gasteiger partial charge in [-0.2, -0.15) is 0 Å². The topological polar surface area (TPSA) is 21.3 Å². The van der Waals surface area contributed by atoms with E-state index in [9.17, 15) is 4.39 Å². The van der Waals surface area contributed by atoms with Gasteiger partial charge in [-0.05, 0) is 30.2 Å². The Morgan fingerprint density at radius 3 is 2.42 bits per heavy atom. The summed E-state index contributed by atoms with van der Waals surface area (Å²) in [4.78, 5) is 0. The molecule has 100 valence electrons. The lowest BCUT2D eigenvalue weighted by atomic mass is 10.1. The number of ether oxygens (including phenoxy) is 1. The lowest BCUT2D eigenvalue weighted by molar-refractivity contribution is 0.185. The van der Waals surface area contributed by atoms with E-state index < -0.39 is 0 Å². The van der Waals surface area contributed by atoms with Crippen LogP contribution in [-0.2, 0) is 17.9 Å². The van der Waals surface area contributed by atoms with E-state index in [4.69, 9.17) is 4.74 Å². The summed E-state index contributed by atoms with van der Waals surface area (Å²) in [6.45, 7) is 3.08. The van der Waals surface area contributed by atoms with Crippen LogP contribution in [0.25, 0.3) is 0 Å². The molecular weight excluding hydrogens is 241 g/mol. The molecule has 0 aliphatic carbocycles. The number of anilines is 1. The molecule has 2 aromatic rings. The standard InChI is InChI=1S/C16H18FNO/c1-12-15(17)4-3-5-16(12)18-10-13-6-8-14(9-7-13)11-19-2/h3-9,18H,10-11H2,1-2H3. The number of hydrogen-bond donors (Lipinski definition) is 1. The molecule has 0 bridgehead atoms. The molecule has 0 fully saturated rings. The van der Waals surface area contributed by atoms with E-state index in [2.05, 4.69) is 17.4 Å². The highest BCUT2D eigenvalue weighted by Crippen LogP contribution is 2.18. The third-order valence-corrected chi connectivity index (χ3v) is 3.08. The molecule has 0 aliphatic rings. The highest BCUT2D eigenvalue weighted by atomic mass is 19.1. The number of halogens is 1. The van der Waals surface area contributed by atoms with Crippen LogP contribution < -0.4 is 5.32 Å². The predicted molar refractivity (Wildman–Crippen MR) is 75.6 cm³/mol. The summed E-state index contributed by atoms with van der Waals surface area (Å²) >= 11 is 0. The molecule has 0 saturated carbocycles. The Labute approximate surface area is 113 Å². The van der Waals surface area contributed by atoms with Crippen LogP contribution in [0.15, 0.2) is 42.5 Å². The van der Waals surface area contributed by atoms with Crippen molar-refractivity contribution in [1.82, 2.24) is 0 Å². The van der Waals surface area contributed by atoms with Crippen LogP contribution in [-0.4, -0.2) is 7.11 Å². The van der Waals surface area contributed by atoms with E-state index in [0.717, 1.165) is 16.8 Å². The lowest BCUT2D eigenvalue weighted by Gasteiger charge is -2.10. The number of nitrogens with one attached hydrogen (secondary N) is 1. The highest BCUT2D eigenvalue weighted by molar-refractivity contribution is 5.51. The summed E-state index contributed by atoms with van der Waals surface area (Å²) in [5.74, 6) is -0.180. The summed E-state index contributed by atoms with van der Waals surface area (Å²) in [5.41, 5.74) is 3.79. The fourth-order valence-electron chi connectivity index (χ4n) is 1.92. The molecule has 3 heteroatoms. The first-order valence-electron chi connectivity index (χ1n) is 6.26. The molecule has 0 spiro atoms. The minimum atomic E-state index is -0.180. The second-order valence-corrected chi connectivity index (χ2v) is 4.52. The van der Waals surface area contributed by atoms with Crippen molar-refractivity contribution < 1.29 is 9.13 Å². The van der Waals surface area contributed by atoms with Gasteiger partial charge in [0.05, 0.1) is 6.61 Å². The third kappa shape index (κ3) is 3.55. The van der Waals surface area contributed by atoms with Crippen LogP contribution in [0.4, 0.5) is 10.1 Å². The Balaban J connectivity index is 2.00. The minimum Gasteiger partial charge on any atom is -0.381 e. The summed E-state index contributed by atoms with van der Waals surface area (Å²) in [7, 11) is 1.68. The number of benzene rings is 2. The maximum atomic E-state index is 13.4. The van der Waals surface area contributed by atoms with Crippen molar-refractivity contribution in [2.45, 2.75) is 20.1 Å². The van der Waals surface area contributed by atoms with Gasteiger partial charge in [-0.15, -0.1) is 0 Å². The maximum Gasteiger partial charge on any atom is 0.128 e. The van der Waals surface area contributed by atoms with Crippen LogP contribution in [0, 0.1) is 12.7 Å². The summed E-state index contributed by atoms with van der Waals surface area (Å²) in [6, 6.07) is 13.3. The Kier molecular flexibility index (Phi) is 4.53. The first-order chi connectivity index (χ1) is 9.20. The van der Waals surface area contributed by atoms with Crippen molar-refractivity contribution in [3.05, 3.63) is 65.0 Å². The van der Waals surface area contributed by atoms with E-state index in [0.29, 0.717) is 18.7 Å². The van der Waals surface area contributed by atoms with Gasteiger partial charge in [-0.1, -0.05) is 30.3 Å². The molecule has 0 amide bonds. The summed E-state index contributed by atoms with van der Waals surface area (Å²) in [6.07, 6.45) is 0. The van der Waals surface area contributed by atoms with Crippen LogP contribution >= 0.6 is 0 Å². The molecule has 0 radical (unpaired) electrons. The fourth-order valence-corrected chi connectivity index (χ4v) is 1.92. The van der Waals surface area contributed by atoms with Crippen LogP contribution in [0.5, 0.6) is 0 Å². The van der Waals surface area contributed by atoms with Crippen LogP contribution in [0.3, 0.4) is 0 Å². The van der Waals surface area contributed by atoms with Crippen molar-refractivity contribution in [3.8, 4) is 0 Å². The molecule has 0 aliphatic heterocycles. The summed E-state index contributed by atoms with van der Waals surface area (Å²) < 4.78 is 18.5. The van der Waals surface area contributed by atoms with Crippen molar-refractivity contribution in [2.24, 2.45) is 0 Å². The molecule has 2 rings (SSSR count). The molecule has 0 unspecified atom stereocenters. The molecule has 0 atom stereocenters. The van der Waals surface area contributed by atoms with E-state index in [-0.39, 0.29) is 5.82 Å². The van der Waals surface area contributed by atoms with Gasteiger partial charge in [0.25, 0.3) is 0 Å². The predicted octanol–water partition coefficient (Wildman–Crippen LogP) is 3.89. The SMILES string of the molecule is COCc1ccc(CNc2cccc(F)c2C)cc1. The van der Waals surface area contributed by atoms with Crippen molar-refractivity contribution in [1.29, 1.82) is 0 Å². The molecule has 0 heterocycles. The Bertz CT molecular complexity index is 537. The molecule has 2 aromatic carbocycles. The minimum absolute atomic E-state index is 0.180. The average Bonchev–Trinajstić information content (AvgIpc) is 2.42. The van der Waals surface area contributed by atoms with Crippen LogP contribution in [0.2, 0.25) is 0 Å². The second kappa shape index (κ2) is 6.34. The fraction of sp³-hybridized carbons (Fsp3) is 0.250. The van der Waals surface area contributed by atoms with E-state index >= 15 is 0 Å². The molecule has 19 heavy (non-hydrogen) atoms. The van der Waals surface area contributed by atoms with Gasteiger partial charge in [-0.25, -0.2) is 4.39 Å². The van der Waals surface area contributed by atoms with Gasteiger partial charge >= 0.3 is 0 Å². The molecule has 0 saturated heterocycles. The van der Waals surface area contributed by atoms with E-state index in [1.165, 1.54) is 6.07 Å². The Morgan fingerprint density at radius 2 is 1.74 bits per heavy atom. The van der Waals surface area contributed by atoms with E-state index in [1.807, 2.05) is 18.2 Å². The van der Waals surface area contributed by atoms with Gasteiger partial charge in [0.1, 0.15) is 5.82 Å². The van der Waals surface area contributed by atoms with Crippen LogP contribution in [0.1, 0.15) is 16.7 Å². The smallest absolute Gasteiger partial charge is 0.128 e. The first-order valence-corrected chi connectivity index (χ1v) is 6.26. The summed E-state index contributed by atoms with van der Waals surface area (Å²) in [5, 5.41) is 3.25. The van der Waals surface area contributed by atoms with Gasteiger partial charge in [0, 0.05) is 24.9 Å². The highest BCUT2D eigenvalue weighted by Gasteiger charge is 2.02. The Hall–Kier alpha value is -1.87. The molecule has 2 nitrogen and oxygen atoms in total. The zero-order valence-electron chi connectivity index (χ0n) is 11.2. The zero-order chi connectivity index (χ0) is 13.7. The van der Waals surface area contributed by atoms with Gasteiger partial charge < -0.3 is 10.1 Å². The molecular formula is C16H18FNO. The van der Waals surface area contributed by atoms with Gasteiger partial charge in [0.15, 0.2) is 0 Å². The zero-order valence-corrected chi connectivity index (χ0v) is 11.2. The number of hydrogen-bond acceptors (Lipinski definition) is 2.